The molecule has 5 aromatic rings. The molecule has 2 heteroatoms. The van der Waals surface area contributed by atoms with Gasteiger partial charge in [0.15, 0.2) is 5.84 Å². The lowest BCUT2D eigenvalue weighted by atomic mass is 9.82. The number of hydrogen-bond acceptors (Lipinski definition) is 2. The zero-order valence-corrected chi connectivity index (χ0v) is 17.6. The molecular formula is C30H22N2. The second kappa shape index (κ2) is 7.90. The van der Waals surface area contributed by atoms with E-state index < -0.39 is 0 Å². The first-order valence-corrected chi connectivity index (χ1v) is 11.0. The van der Waals surface area contributed by atoms with E-state index in [4.69, 9.17) is 9.98 Å². The summed E-state index contributed by atoms with van der Waals surface area (Å²) in [4.78, 5) is 9.82. The number of nitrogens with zero attached hydrogens (tertiary/aromatic N) is 2. The number of amidine groups is 1. The lowest BCUT2D eigenvalue weighted by molar-refractivity contribution is 0.758. The SMILES string of the molecule is C1=NC(c2ccccc2)=NC1C(c1ccc2ccccc2c1)c1cccc2ccccc12. The second-order valence-electron chi connectivity index (χ2n) is 8.24. The van der Waals surface area contributed by atoms with E-state index in [2.05, 4.69) is 97.1 Å². The minimum absolute atomic E-state index is 0.0582. The third-order valence-electron chi connectivity index (χ3n) is 6.29. The molecule has 0 saturated heterocycles. The first-order valence-electron chi connectivity index (χ1n) is 11.0. The van der Waals surface area contributed by atoms with Crippen LogP contribution >= 0.6 is 0 Å². The van der Waals surface area contributed by atoms with Crippen molar-refractivity contribution in [2.24, 2.45) is 9.98 Å². The van der Waals surface area contributed by atoms with Gasteiger partial charge in [-0.15, -0.1) is 0 Å². The van der Waals surface area contributed by atoms with Gasteiger partial charge in [-0.25, -0.2) is 4.99 Å². The Bertz CT molecular complexity index is 1480. The van der Waals surface area contributed by atoms with Gasteiger partial charge < -0.3 is 0 Å². The van der Waals surface area contributed by atoms with E-state index >= 15 is 0 Å². The highest BCUT2D eigenvalue weighted by Crippen LogP contribution is 2.36. The lowest BCUT2D eigenvalue weighted by Gasteiger charge is -2.23. The van der Waals surface area contributed by atoms with Crippen molar-refractivity contribution in [2.45, 2.75) is 12.0 Å². The summed E-state index contributed by atoms with van der Waals surface area (Å²) in [5.74, 6) is 0.886. The molecule has 2 atom stereocenters. The maximum Gasteiger partial charge on any atom is 0.154 e. The Morgan fingerprint density at radius 1 is 0.594 bits per heavy atom. The summed E-state index contributed by atoms with van der Waals surface area (Å²) in [6, 6.07) is 40.7. The molecular weight excluding hydrogens is 388 g/mol. The van der Waals surface area contributed by atoms with Gasteiger partial charge >= 0.3 is 0 Å². The van der Waals surface area contributed by atoms with Crippen molar-refractivity contribution in [3.8, 4) is 0 Å². The fraction of sp³-hybridized carbons (Fsp3) is 0.0667. The smallest absolute Gasteiger partial charge is 0.154 e. The van der Waals surface area contributed by atoms with Crippen LogP contribution in [-0.4, -0.2) is 18.1 Å². The molecule has 0 bridgehead atoms. The zero-order chi connectivity index (χ0) is 21.3. The quantitative estimate of drug-likeness (QED) is 0.304. The maximum absolute atomic E-state index is 5.09. The Morgan fingerprint density at radius 3 is 2.19 bits per heavy atom. The van der Waals surface area contributed by atoms with Gasteiger partial charge in [-0.2, -0.15) is 0 Å². The first-order chi connectivity index (χ1) is 15.9. The number of benzene rings is 5. The molecule has 2 unspecified atom stereocenters. The van der Waals surface area contributed by atoms with Crippen molar-refractivity contribution in [1.82, 2.24) is 0 Å². The molecule has 152 valence electrons. The van der Waals surface area contributed by atoms with Crippen LogP contribution in [0.25, 0.3) is 21.5 Å². The van der Waals surface area contributed by atoms with Crippen molar-refractivity contribution in [2.75, 3.05) is 0 Å². The lowest BCUT2D eigenvalue weighted by Crippen LogP contribution is -2.18. The van der Waals surface area contributed by atoms with Crippen LogP contribution in [0.5, 0.6) is 0 Å². The van der Waals surface area contributed by atoms with E-state index in [0.29, 0.717) is 0 Å². The van der Waals surface area contributed by atoms with Crippen LogP contribution in [0.2, 0.25) is 0 Å². The second-order valence-corrected chi connectivity index (χ2v) is 8.24. The monoisotopic (exact) mass is 410 g/mol. The van der Waals surface area contributed by atoms with Crippen molar-refractivity contribution < 1.29 is 0 Å². The van der Waals surface area contributed by atoms with Gasteiger partial charge in [0.2, 0.25) is 0 Å². The van der Waals surface area contributed by atoms with Crippen LogP contribution in [0, 0.1) is 0 Å². The third-order valence-corrected chi connectivity index (χ3v) is 6.29. The zero-order valence-electron chi connectivity index (χ0n) is 17.6. The van der Waals surface area contributed by atoms with Gasteiger partial charge in [-0.1, -0.05) is 115 Å². The van der Waals surface area contributed by atoms with Crippen LogP contribution < -0.4 is 0 Å². The number of hydrogen-bond donors (Lipinski definition) is 0. The molecule has 1 aliphatic rings. The topological polar surface area (TPSA) is 24.7 Å². The van der Waals surface area contributed by atoms with Crippen LogP contribution in [0.4, 0.5) is 0 Å². The van der Waals surface area contributed by atoms with Crippen LogP contribution in [-0.2, 0) is 0 Å². The minimum atomic E-state index is -0.0582. The van der Waals surface area contributed by atoms with Gasteiger partial charge in [0, 0.05) is 17.7 Å². The maximum atomic E-state index is 5.09. The highest BCUT2D eigenvalue weighted by atomic mass is 15.0. The number of fused-ring (bicyclic) bond motifs is 2. The normalized spacial score (nSPS) is 16.4. The van der Waals surface area contributed by atoms with E-state index in [1.54, 1.807) is 0 Å². The van der Waals surface area contributed by atoms with Crippen LogP contribution in [0.1, 0.15) is 22.6 Å². The highest BCUT2D eigenvalue weighted by molar-refractivity contribution is 6.07. The molecule has 32 heavy (non-hydrogen) atoms. The Kier molecular flexibility index (Phi) is 4.62. The van der Waals surface area contributed by atoms with Gasteiger partial charge in [-0.3, -0.25) is 4.99 Å². The molecule has 1 aliphatic heterocycles. The van der Waals surface area contributed by atoms with Crippen molar-refractivity contribution >= 4 is 33.6 Å². The Balaban J connectivity index is 1.53. The summed E-state index contributed by atoms with van der Waals surface area (Å²) >= 11 is 0. The Morgan fingerprint density at radius 2 is 1.31 bits per heavy atom. The molecule has 0 amide bonds. The summed E-state index contributed by atoms with van der Waals surface area (Å²) in [7, 11) is 0. The van der Waals surface area contributed by atoms with Gasteiger partial charge in [-0.05, 0) is 32.7 Å². The molecule has 6 rings (SSSR count). The van der Waals surface area contributed by atoms with Gasteiger partial charge in [0.1, 0.15) is 0 Å². The van der Waals surface area contributed by atoms with E-state index in [9.17, 15) is 0 Å². The largest absolute Gasteiger partial charge is 0.256 e. The Hall–Kier alpha value is -4.04. The molecule has 0 spiro atoms. The minimum Gasteiger partial charge on any atom is -0.256 e. The molecule has 0 fully saturated rings. The van der Waals surface area contributed by atoms with Crippen molar-refractivity contribution in [3.05, 3.63) is 132 Å². The fourth-order valence-electron chi connectivity index (χ4n) is 4.74. The summed E-state index contributed by atoms with van der Waals surface area (Å²) in [6.07, 6.45) is 2.02. The van der Waals surface area contributed by atoms with Crippen molar-refractivity contribution in [3.63, 3.8) is 0 Å². The molecule has 5 aromatic carbocycles. The molecule has 1 heterocycles. The van der Waals surface area contributed by atoms with Crippen LogP contribution in [0.15, 0.2) is 125 Å². The fourth-order valence-corrected chi connectivity index (χ4v) is 4.74. The van der Waals surface area contributed by atoms with Crippen molar-refractivity contribution in [1.29, 1.82) is 0 Å². The van der Waals surface area contributed by atoms with Gasteiger partial charge in [0.25, 0.3) is 0 Å². The van der Waals surface area contributed by atoms with E-state index in [0.717, 1.165) is 11.4 Å². The first kappa shape index (κ1) is 18.7. The summed E-state index contributed by atoms with van der Waals surface area (Å²) in [6.45, 7) is 0. The van der Waals surface area contributed by atoms with E-state index in [1.165, 1.54) is 32.7 Å². The third kappa shape index (κ3) is 3.30. The summed E-state index contributed by atoms with van der Waals surface area (Å²) in [5.41, 5.74) is 3.60. The van der Waals surface area contributed by atoms with E-state index in [1.807, 2.05) is 24.4 Å². The standard InChI is InChI=1S/C30H22N2/c1-2-11-23(12-3-1)30-31-20-28(32-30)29(25-18-17-21-9-4-5-13-24(21)19-25)27-16-8-14-22-10-6-7-15-26(22)27/h1-20,28-29H. The molecule has 0 saturated carbocycles. The number of aliphatic imine (C=N–C) groups is 2. The summed E-state index contributed by atoms with van der Waals surface area (Å²) < 4.78 is 0. The van der Waals surface area contributed by atoms with Gasteiger partial charge in [0.05, 0.1) is 6.04 Å². The average molecular weight is 411 g/mol. The van der Waals surface area contributed by atoms with Crippen LogP contribution in [0.3, 0.4) is 0 Å². The Labute approximate surface area is 187 Å². The molecule has 0 N–H and O–H groups in total. The van der Waals surface area contributed by atoms with E-state index in [-0.39, 0.29) is 12.0 Å². The highest BCUT2D eigenvalue weighted by Gasteiger charge is 2.28. The molecule has 0 aliphatic carbocycles. The predicted molar refractivity (Wildman–Crippen MR) is 135 cm³/mol. The molecule has 0 radical (unpaired) electrons. The predicted octanol–water partition coefficient (Wildman–Crippen LogP) is 7.02. The average Bonchev–Trinajstić information content (AvgIpc) is 3.35. The summed E-state index contributed by atoms with van der Waals surface area (Å²) in [5, 5.41) is 5.02. The molecule has 2 nitrogen and oxygen atoms in total. The number of rotatable bonds is 4. The molecule has 0 aromatic heterocycles.